The van der Waals surface area contributed by atoms with E-state index in [0.717, 1.165) is 5.52 Å². The summed E-state index contributed by atoms with van der Waals surface area (Å²) in [7, 11) is 0. The second-order valence-corrected chi connectivity index (χ2v) is 5.67. The maximum atomic E-state index is 12.6. The van der Waals surface area contributed by atoms with E-state index in [1.807, 2.05) is 29.7 Å². The van der Waals surface area contributed by atoms with Crippen molar-refractivity contribution >= 4 is 28.7 Å². The Kier molecular flexibility index (Phi) is 3.39. The number of hydroxylamine groups is 2. The fraction of sp³-hybridized carbons (Fsp3) is 0.105. The second-order valence-electron chi connectivity index (χ2n) is 5.67. The van der Waals surface area contributed by atoms with Gasteiger partial charge in [0.2, 0.25) is 0 Å². The number of hydrogen-bond donors (Lipinski definition) is 0. The number of aryl methyl sites for hydroxylation is 1. The predicted octanol–water partition coefficient (Wildman–Crippen LogP) is 3.03. The number of fused-ring (bicyclic) bond motifs is 2. The molecule has 0 saturated heterocycles. The van der Waals surface area contributed by atoms with E-state index >= 15 is 0 Å². The molecular weight excluding hydrogens is 320 g/mol. The summed E-state index contributed by atoms with van der Waals surface area (Å²) in [6.07, 6.45) is 1.67. The largest absolute Gasteiger partial charge is 0.366 e. The highest BCUT2D eigenvalue weighted by Gasteiger charge is 2.39. The minimum atomic E-state index is -0.738. The molecule has 0 unspecified atom stereocenters. The van der Waals surface area contributed by atoms with E-state index in [1.54, 1.807) is 24.4 Å². The summed E-state index contributed by atoms with van der Waals surface area (Å²) < 4.78 is 1.91. The van der Waals surface area contributed by atoms with Crippen LogP contribution in [0.3, 0.4) is 0 Å². The number of hydrogen-bond acceptors (Lipinski definition) is 4. The lowest BCUT2D eigenvalue weighted by Gasteiger charge is -2.12. The quantitative estimate of drug-likeness (QED) is 0.691. The molecule has 0 bridgehead atoms. The molecule has 124 valence electrons. The van der Waals surface area contributed by atoms with Gasteiger partial charge in [-0.05, 0) is 25.1 Å². The third kappa shape index (κ3) is 2.22. The fourth-order valence-corrected chi connectivity index (χ4v) is 3.05. The van der Waals surface area contributed by atoms with E-state index in [2.05, 4.69) is 0 Å². The molecular formula is C19H14N2O4. The minimum absolute atomic E-state index is 0.233. The van der Waals surface area contributed by atoms with E-state index in [9.17, 15) is 14.4 Å². The van der Waals surface area contributed by atoms with Gasteiger partial charge in [-0.15, -0.1) is 0 Å². The van der Waals surface area contributed by atoms with Crippen molar-refractivity contribution in [1.82, 2.24) is 9.63 Å². The van der Waals surface area contributed by atoms with Crippen LogP contribution >= 0.6 is 0 Å². The molecule has 6 heteroatoms. The van der Waals surface area contributed by atoms with Crippen molar-refractivity contribution in [2.45, 2.75) is 13.5 Å². The van der Waals surface area contributed by atoms with E-state index in [-0.39, 0.29) is 11.1 Å². The Morgan fingerprint density at radius 3 is 2.20 bits per heavy atom. The average molecular weight is 334 g/mol. The van der Waals surface area contributed by atoms with Crippen LogP contribution < -0.4 is 0 Å². The van der Waals surface area contributed by atoms with Gasteiger partial charge in [0.1, 0.15) is 0 Å². The maximum absolute atomic E-state index is 12.6. The van der Waals surface area contributed by atoms with Crippen molar-refractivity contribution in [2.75, 3.05) is 0 Å². The van der Waals surface area contributed by atoms with Gasteiger partial charge in [0.25, 0.3) is 11.8 Å². The van der Waals surface area contributed by atoms with Gasteiger partial charge in [-0.25, -0.2) is 4.79 Å². The number of nitrogens with zero attached hydrogens (tertiary/aromatic N) is 2. The third-order valence-electron chi connectivity index (χ3n) is 4.28. The standard InChI is InChI=1S/C19H14N2O4/c1-2-20-11-15(12-7-5-6-10-16(12)20)19(24)25-21-17(22)13-8-3-4-9-14(13)18(21)23/h3-11H,2H2,1H3. The molecule has 0 saturated carbocycles. The van der Waals surface area contributed by atoms with Crippen LogP contribution in [0.1, 0.15) is 38.0 Å². The van der Waals surface area contributed by atoms with Gasteiger partial charge in [0, 0.05) is 23.6 Å². The van der Waals surface area contributed by atoms with Crippen molar-refractivity contribution < 1.29 is 19.2 Å². The van der Waals surface area contributed by atoms with Crippen LogP contribution in [-0.2, 0) is 11.4 Å². The zero-order chi connectivity index (χ0) is 17.6. The maximum Gasteiger partial charge on any atom is 0.366 e. The highest BCUT2D eigenvalue weighted by atomic mass is 16.7. The Labute approximate surface area is 143 Å². The predicted molar refractivity (Wildman–Crippen MR) is 90.0 cm³/mol. The van der Waals surface area contributed by atoms with E-state index in [0.29, 0.717) is 22.6 Å². The summed E-state index contributed by atoms with van der Waals surface area (Å²) in [6, 6.07) is 13.8. The summed E-state index contributed by atoms with van der Waals surface area (Å²) in [5.74, 6) is -2.00. The number of imide groups is 1. The third-order valence-corrected chi connectivity index (χ3v) is 4.28. The Balaban J connectivity index is 1.68. The topological polar surface area (TPSA) is 68.6 Å². The molecule has 1 aromatic heterocycles. The Hall–Kier alpha value is -3.41. The van der Waals surface area contributed by atoms with Crippen molar-refractivity contribution in [3.63, 3.8) is 0 Å². The smallest absolute Gasteiger partial charge is 0.347 e. The minimum Gasteiger partial charge on any atom is -0.347 e. The molecule has 2 aromatic carbocycles. The van der Waals surface area contributed by atoms with Gasteiger partial charge in [-0.1, -0.05) is 35.4 Å². The van der Waals surface area contributed by atoms with Crippen molar-refractivity contribution in [3.8, 4) is 0 Å². The molecule has 0 aliphatic carbocycles. The molecule has 25 heavy (non-hydrogen) atoms. The highest BCUT2D eigenvalue weighted by molar-refractivity contribution is 6.21. The summed E-state index contributed by atoms with van der Waals surface area (Å²) >= 11 is 0. The van der Waals surface area contributed by atoms with E-state index < -0.39 is 17.8 Å². The van der Waals surface area contributed by atoms with Crippen molar-refractivity contribution in [1.29, 1.82) is 0 Å². The average Bonchev–Trinajstić information content (AvgIpc) is 3.13. The molecule has 4 rings (SSSR count). The van der Waals surface area contributed by atoms with Crippen LogP contribution in [-0.4, -0.2) is 27.4 Å². The van der Waals surface area contributed by atoms with Crippen LogP contribution in [0.15, 0.2) is 54.7 Å². The van der Waals surface area contributed by atoms with Gasteiger partial charge < -0.3 is 9.40 Å². The molecule has 0 atom stereocenters. The number of benzene rings is 2. The van der Waals surface area contributed by atoms with Crippen LogP contribution in [0.25, 0.3) is 10.9 Å². The number of carbonyl (C=O) groups excluding carboxylic acids is 3. The first-order valence-corrected chi connectivity index (χ1v) is 7.89. The molecule has 0 N–H and O–H groups in total. The zero-order valence-electron chi connectivity index (χ0n) is 13.4. The molecule has 0 spiro atoms. The second kappa shape index (κ2) is 5.59. The number of carbonyl (C=O) groups is 3. The summed E-state index contributed by atoms with van der Waals surface area (Å²) in [4.78, 5) is 42.4. The van der Waals surface area contributed by atoms with Gasteiger partial charge in [-0.3, -0.25) is 9.59 Å². The van der Waals surface area contributed by atoms with E-state index in [1.165, 1.54) is 12.1 Å². The van der Waals surface area contributed by atoms with Crippen LogP contribution in [0, 0.1) is 0 Å². The number of rotatable bonds is 3. The molecule has 0 radical (unpaired) electrons. The van der Waals surface area contributed by atoms with Gasteiger partial charge in [0.15, 0.2) is 0 Å². The summed E-state index contributed by atoms with van der Waals surface area (Å²) in [6.45, 7) is 2.65. The zero-order valence-corrected chi connectivity index (χ0v) is 13.4. The summed E-state index contributed by atoms with van der Waals surface area (Å²) in [5, 5.41) is 1.25. The molecule has 1 aliphatic heterocycles. The van der Waals surface area contributed by atoms with Gasteiger partial charge >= 0.3 is 5.97 Å². The number of amides is 2. The Morgan fingerprint density at radius 1 is 0.960 bits per heavy atom. The Morgan fingerprint density at radius 2 is 1.56 bits per heavy atom. The molecule has 2 amide bonds. The molecule has 6 nitrogen and oxygen atoms in total. The highest BCUT2D eigenvalue weighted by Crippen LogP contribution is 2.26. The van der Waals surface area contributed by atoms with Crippen LogP contribution in [0.2, 0.25) is 0 Å². The van der Waals surface area contributed by atoms with Crippen LogP contribution in [0.5, 0.6) is 0 Å². The van der Waals surface area contributed by atoms with Gasteiger partial charge in [0.05, 0.1) is 16.7 Å². The first-order chi connectivity index (χ1) is 12.1. The number of para-hydroxylation sites is 1. The normalized spacial score (nSPS) is 13.4. The molecule has 2 heterocycles. The lowest BCUT2D eigenvalue weighted by molar-refractivity contribution is -0.0583. The first-order valence-electron chi connectivity index (χ1n) is 7.89. The SMILES string of the molecule is CCn1cc(C(=O)ON2C(=O)c3ccccc3C2=O)c2ccccc21. The van der Waals surface area contributed by atoms with Crippen LogP contribution in [0.4, 0.5) is 0 Å². The monoisotopic (exact) mass is 334 g/mol. The lowest BCUT2D eigenvalue weighted by atomic mass is 10.1. The lowest BCUT2D eigenvalue weighted by Crippen LogP contribution is -2.32. The Bertz CT molecular complexity index is 1000. The molecule has 3 aromatic rings. The fourth-order valence-electron chi connectivity index (χ4n) is 3.05. The van der Waals surface area contributed by atoms with Crippen molar-refractivity contribution in [2.24, 2.45) is 0 Å². The van der Waals surface area contributed by atoms with Gasteiger partial charge in [-0.2, -0.15) is 0 Å². The summed E-state index contributed by atoms with van der Waals surface area (Å²) in [5.41, 5.74) is 1.67. The van der Waals surface area contributed by atoms with E-state index in [4.69, 9.17) is 4.84 Å². The number of aromatic nitrogens is 1. The molecule has 0 fully saturated rings. The first kappa shape index (κ1) is 15.1. The van der Waals surface area contributed by atoms with Crippen molar-refractivity contribution in [3.05, 3.63) is 71.4 Å². The molecule has 1 aliphatic rings.